The summed E-state index contributed by atoms with van der Waals surface area (Å²) in [5.74, 6) is 0.623. The van der Waals surface area contributed by atoms with Gasteiger partial charge in [-0.3, -0.25) is 9.78 Å². The topological polar surface area (TPSA) is 73.0 Å². The van der Waals surface area contributed by atoms with Gasteiger partial charge in [0.05, 0.1) is 23.3 Å². The van der Waals surface area contributed by atoms with Gasteiger partial charge in [-0.25, -0.2) is 4.39 Å². The van der Waals surface area contributed by atoms with Crippen LogP contribution < -0.4 is 5.32 Å². The van der Waals surface area contributed by atoms with Crippen LogP contribution >= 0.6 is 0 Å². The van der Waals surface area contributed by atoms with Crippen molar-refractivity contribution in [3.8, 4) is 22.3 Å². The molecule has 0 spiro atoms. The van der Waals surface area contributed by atoms with Crippen LogP contribution in [0.4, 0.5) is 10.1 Å². The molecular formula is C27H29FN4O2. The van der Waals surface area contributed by atoms with Gasteiger partial charge in [-0.2, -0.15) is 0 Å². The van der Waals surface area contributed by atoms with Crippen LogP contribution in [-0.4, -0.2) is 26.3 Å². The van der Waals surface area contributed by atoms with Crippen LogP contribution in [0.15, 0.2) is 47.2 Å². The Balaban J connectivity index is 1.62. The normalized spacial score (nSPS) is 15.5. The van der Waals surface area contributed by atoms with Crippen molar-refractivity contribution < 1.29 is 13.7 Å². The number of rotatable bonds is 5. The van der Waals surface area contributed by atoms with Gasteiger partial charge in [0.15, 0.2) is 0 Å². The molecule has 0 bridgehead atoms. The monoisotopic (exact) mass is 460 g/mol. The van der Waals surface area contributed by atoms with Crippen molar-refractivity contribution >= 4 is 22.6 Å². The van der Waals surface area contributed by atoms with Crippen molar-refractivity contribution in [3.05, 3.63) is 54.2 Å². The maximum absolute atomic E-state index is 15.8. The SMILES string of the molecule is CC(=O)Nc1ccc(-c2cn(CC3(F)CCCCC3)c3cc(-c4c(C)noc4C)cnc23)cc1. The first-order valence-electron chi connectivity index (χ1n) is 11.8. The first kappa shape index (κ1) is 22.3. The molecule has 5 rings (SSSR count). The number of fused-ring (bicyclic) bond motifs is 1. The Hall–Kier alpha value is -3.48. The molecule has 3 heterocycles. The maximum atomic E-state index is 15.8. The van der Waals surface area contributed by atoms with Crippen LogP contribution in [0.5, 0.6) is 0 Å². The Bertz CT molecular complexity index is 1330. The molecule has 1 aliphatic carbocycles. The van der Waals surface area contributed by atoms with Crippen molar-refractivity contribution in [2.45, 2.75) is 65.1 Å². The number of anilines is 1. The summed E-state index contributed by atoms with van der Waals surface area (Å²) < 4.78 is 23.2. The molecule has 1 amide bonds. The minimum absolute atomic E-state index is 0.112. The number of carbonyl (C=O) groups excluding carboxylic acids is 1. The first-order chi connectivity index (χ1) is 16.3. The van der Waals surface area contributed by atoms with Crippen molar-refractivity contribution in [2.24, 2.45) is 0 Å². The minimum atomic E-state index is -1.21. The molecule has 176 valence electrons. The van der Waals surface area contributed by atoms with E-state index in [1.807, 2.05) is 55.1 Å². The average Bonchev–Trinajstić information content (AvgIpc) is 3.33. The smallest absolute Gasteiger partial charge is 0.221 e. The summed E-state index contributed by atoms with van der Waals surface area (Å²) in [5, 5.41) is 6.88. The largest absolute Gasteiger partial charge is 0.361 e. The van der Waals surface area contributed by atoms with Gasteiger partial charge >= 0.3 is 0 Å². The van der Waals surface area contributed by atoms with Crippen LogP contribution in [0.3, 0.4) is 0 Å². The summed E-state index contributed by atoms with van der Waals surface area (Å²) >= 11 is 0. The number of carbonyl (C=O) groups is 1. The molecule has 1 fully saturated rings. The second kappa shape index (κ2) is 8.70. The van der Waals surface area contributed by atoms with E-state index in [2.05, 4.69) is 16.5 Å². The Labute approximate surface area is 198 Å². The third-order valence-electron chi connectivity index (χ3n) is 6.76. The lowest BCUT2D eigenvalue weighted by atomic mass is 9.86. The van der Waals surface area contributed by atoms with E-state index in [1.165, 1.54) is 6.92 Å². The lowest BCUT2D eigenvalue weighted by Crippen LogP contribution is -2.31. The molecule has 1 aromatic carbocycles. The van der Waals surface area contributed by atoms with E-state index in [0.717, 1.165) is 69.7 Å². The minimum Gasteiger partial charge on any atom is -0.361 e. The molecule has 0 radical (unpaired) electrons. The highest BCUT2D eigenvalue weighted by atomic mass is 19.1. The number of benzene rings is 1. The predicted octanol–water partition coefficient (Wildman–Crippen LogP) is 6.61. The van der Waals surface area contributed by atoms with Gasteiger partial charge in [0.2, 0.25) is 5.91 Å². The molecule has 0 unspecified atom stereocenters. The quantitative estimate of drug-likeness (QED) is 0.364. The van der Waals surface area contributed by atoms with Crippen LogP contribution in [-0.2, 0) is 11.3 Å². The van der Waals surface area contributed by atoms with E-state index in [4.69, 9.17) is 9.51 Å². The molecule has 0 atom stereocenters. The van der Waals surface area contributed by atoms with Gasteiger partial charge in [0.25, 0.3) is 0 Å². The molecular weight excluding hydrogens is 431 g/mol. The molecule has 6 nitrogen and oxygen atoms in total. The highest BCUT2D eigenvalue weighted by Crippen LogP contribution is 2.38. The predicted molar refractivity (Wildman–Crippen MR) is 131 cm³/mol. The Morgan fingerprint density at radius 2 is 1.88 bits per heavy atom. The van der Waals surface area contributed by atoms with E-state index in [1.54, 1.807) is 0 Å². The van der Waals surface area contributed by atoms with Crippen LogP contribution in [0.25, 0.3) is 33.3 Å². The van der Waals surface area contributed by atoms with E-state index >= 15 is 4.39 Å². The van der Waals surface area contributed by atoms with Gasteiger partial charge in [0, 0.05) is 41.7 Å². The number of pyridine rings is 1. The number of hydrogen-bond donors (Lipinski definition) is 1. The molecule has 0 aliphatic heterocycles. The number of aryl methyl sites for hydroxylation is 2. The molecule has 1 aliphatic rings. The van der Waals surface area contributed by atoms with Crippen molar-refractivity contribution in [1.29, 1.82) is 0 Å². The summed E-state index contributed by atoms with van der Waals surface area (Å²) in [5.41, 5.74) is 5.78. The van der Waals surface area contributed by atoms with Crippen LogP contribution in [0.1, 0.15) is 50.5 Å². The first-order valence-corrected chi connectivity index (χ1v) is 11.8. The van der Waals surface area contributed by atoms with Crippen molar-refractivity contribution in [1.82, 2.24) is 14.7 Å². The Morgan fingerprint density at radius 1 is 1.15 bits per heavy atom. The van der Waals surface area contributed by atoms with Gasteiger partial charge in [-0.05, 0) is 50.5 Å². The second-order valence-electron chi connectivity index (χ2n) is 9.43. The lowest BCUT2D eigenvalue weighted by Gasteiger charge is -2.30. The van der Waals surface area contributed by atoms with Crippen molar-refractivity contribution in [2.75, 3.05) is 5.32 Å². The van der Waals surface area contributed by atoms with Gasteiger partial charge in [0.1, 0.15) is 11.4 Å². The number of nitrogens with zero attached hydrogens (tertiary/aromatic N) is 3. The van der Waals surface area contributed by atoms with E-state index in [9.17, 15) is 4.79 Å². The standard InChI is InChI=1S/C27H29FN4O2/c1-17-25(18(2)34-31-17)21-13-24-26(29-14-21)23(20-7-9-22(10-8-20)30-19(3)33)15-32(24)16-27(28)11-5-4-6-12-27/h7-10,13-15H,4-6,11-12,16H2,1-3H3,(H,30,33). The maximum Gasteiger partial charge on any atom is 0.221 e. The van der Waals surface area contributed by atoms with Crippen molar-refractivity contribution in [3.63, 3.8) is 0 Å². The number of nitrogens with one attached hydrogen (secondary N) is 1. The number of aromatic nitrogens is 3. The van der Waals surface area contributed by atoms with Gasteiger partial charge < -0.3 is 14.4 Å². The zero-order chi connectivity index (χ0) is 23.9. The fourth-order valence-electron chi connectivity index (χ4n) is 5.13. The van der Waals surface area contributed by atoms with E-state index in [-0.39, 0.29) is 5.91 Å². The molecule has 34 heavy (non-hydrogen) atoms. The van der Waals surface area contributed by atoms with Gasteiger partial charge in [-0.15, -0.1) is 0 Å². The fourth-order valence-corrected chi connectivity index (χ4v) is 5.13. The highest BCUT2D eigenvalue weighted by molar-refractivity contribution is 5.95. The molecule has 1 saturated carbocycles. The Morgan fingerprint density at radius 3 is 2.53 bits per heavy atom. The van der Waals surface area contributed by atoms with E-state index < -0.39 is 5.67 Å². The lowest BCUT2D eigenvalue weighted by molar-refractivity contribution is -0.114. The molecule has 0 saturated heterocycles. The molecule has 1 N–H and O–H groups in total. The molecule has 7 heteroatoms. The van der Waals surface area contributed by atoms with Crippen LogP contribution in [0.2, 0.25) is 0 Å². The van der Waals surface area contributed by atoms with Gasteiger partial charge in [-0.1, -0.05) is 36.6 Å². The number of halogens is 1. The summed E-state index contributed by atoms with van der Waals surface area (Å²) in [6.07, 6.45) is 7.97. The zero-order valence-electron chi connectivity index (χ0n) is 19.8. The number of alkyl halides is 1. The third-order valence-corrected chi connectivity index (χ3v) is 6.76. The Kier molecular flexibility index (Phi) is 5.71. The average molecular weight is 461 g/mol. The summed E-state index contributed by atoms with van der Waals surface area (Å²) in [7, 11) is 0. The number of hydrogen-bond acceptors (Lipinski definition) is 4. The van der Waals surface area contributed by atoms with E-state index in [0.29, 0.717) is 19.4 Å². The highest BCUT2D eigenvalue weighted by Gasteiger charge is 2.33. The summed E-state index contributed by atoms with van der Waals surface area (Å²) in [4.78, 5) is 16.2. The molecule has 3 aromatic heterocycles. The summed E-state index contributed by atoms with van der Waals surface area (Å²) in [6.45, 7) is 5.59. The number of amides is 1. The molecule has 4 aromatic rings. The summed E-state index contributed by atoms with van der Waals surface area (Å²) in [6, 6.07) is 9.72. The zero-order valence-corrected chi connectivity index (χ0v) is 19.8. The fraction of sp³-hybridized carbons (Fsp3) is 0.370. The second-order valence-corrected chi connectivity index (χ2v) is 9.43. The third kappa shape index (κ3) is 4.22. The van der Waals surface area contributed by atoms with Crippen LogP contribution in [0, 0.1) is 13.8 Å².